The molecule has 138 valence electrons. The average Bonchev–Trinajstić information content (AvgIpc) is 3.12. The summed E-state index contributed by atoms with van der Waals surface area (Å²) >= 11 is 0. The van der Waals surface area contributed by atoms with Gasteiger partial charge in [-0.1, -0.05) is 0 Å². The smallest absolute Gasteiger partial charge is 0.268 e. The molecule has 13 heteroatoms. The van der Waals surface area contributed by atoms with Crippen LogP contribution in [0, 0.1) is 0 Å². The molecule has 1 saturated heterocycles. The van der Waals surface area contributed by atoms with Gasteiger partial charge in [0, 0.05) is 14.2 Å². The molecule has 0 amide bonds. The van der Waals surface area contributed by atoms with E-state index in [1.165, 1.54) is 24.3 Å². The maximum atomic E-state index is 14.9. The molecule has 0 aromatic carbocycles. The molecule has 5 atom stereocenters. The van der Waals surface area contributed by atoms with Gasteiger partial charge in [-0.2, -0.15) is 0 Å². The molecule has 0 radical (unpaired) electrons. The van der Waals surface area contributed by atoms with Gasteiger partial charge in [0.2, 0.25) is 0 Å². The van der Waals surface area contributed by atoms with E-state index in [-0.39, 0.29) is 23.6 Å². The van der Waals surface area contributed by atoms with Crippen molar-refractivity contribution >= 4 is 24.8 Å². The number of halogens is 1. The van der Waals surface area contributed by atoms with Crippen molar-refractivity contribution in [3.8, 4) is 0 Å². The summed E-state index contributed by atoms with van der Waals surface area (Å²) in [5.74, 6) is 0.127. The van der Waals surface area contributed by atoms with Crippen LogP contribution in [0.15, 0.2) is 12.7 Å². The summed E-state index contributed by atoms with van der Waals surface area (Å²) in [4.78, 5) is 23.4. The van der Waals surface area contributed by atoms with Crippen molar-refractivity contribution in [1.29, 1.82) is 0 Å². The van der Waals surface area contributed by atoms with Crippen molar-refractivity contribution in [2.75, 3.05) is 26.6 Å². The summed E-state index contributed by atoms with van der Waals surface area (Å²) in [5.41, 5.74) is 6.23. The third kappa shape index (κ3) is 3.36. The van der Waals surface area contributed by atoms with Crippen molar-refractivity contribution in [3.05, 3.63) is 12.7 Å². The van der Waals surface area contributed by atoms with Crippen molar-refractivity contribution in [1.82, 2.24) is 19.5 Å². The first-order valence-corrected chi connectivity index (χ1v) is 8.60. The van der Waals surface area contributed by atoms with Crippen LogP contribution in [-0.4, -0.2) is 58.7 Å². The number of alkyl halides is 1. The predicted molar refractivity (Wildman–Crippen MR) is 79.9 cm³/mol. The predicted octanol–water partition coefficient (Wildman–Crippen LogP) is -0.210. The summed E-state index contributed by atoms with van der Waals surface area (Å²) in [7, 11) is -2.39. The number of nitrogens with two attached hydrogens (primary N) is 1. The number of phosphoric ester groups is 1. The first-order valence-electron chi connectivity index (χ1n) is 7.14. The summed E-state index contributed by atoms with van der Waals surface area (Å²) in [6, 6.07) is 0. The molecule has 11 nitrogen and oxygen atoms in total. The van der Waals surface area contributed by atoms with Gasteiger partial charge in [-0.25, -0.2) is 19.3 Å². The fourth-order valence-corrected chi connectivity index (χ4v) is 3.23. The molecule has 0 spiro atoms. The van der Waals surface area contributed by atoms with Gasteiger partial charge in [-0.15, -0.1) is 0 Å². The Bertz CT molecular complexity index is 805. The lowest BCUT2D eigenvalue weighted by atomic mass is 10.1. The molecule has 0 bridgehead atoms. The van der Waals surface area contributed by atoms with E-state index in [9.17, 15) is 13.8 Å². The second-order valence-electron chi connectivity index (χ2n) is 5.25. The zero-order valence-electron chi connectivity index (χ0n) is 13.3. The molecule has 25 heavy (non-hydrogen) atoms. The number of phosphoric acid groups is 1. The van der Waals surface area contributed by atoms with Gasteiger partial charge in [0.25, 0.3) is 7.82 Å². The standard InChI is InChI=1S/C12H17FN5O6P/c1-21-3-6-9(24-25(19,20)22-2)7(13)12(23-6)18-5-17-8-10(14)15-4-16-11(8)18/h4-7,9,12H,3H2,1-2H3,(H,19,20)(H2,14,15,16)/p-1/t6-,7+,9?,12-/m1/s1. The Morgan fingerprint density at radius 1 is 1.44 bits per heavy atom. The number of methoxy groups -OCH3 is 1. The Labute approximate surface area is 141 Å². The average molecular weight is 376 g/mol. The van der Waals surface area contributed by atoms with E-state index in [1.807, 2.05) is 0 Å². The van der Waals surface area contributed by atoms with Crippen molar-refractivity contribution < 1.29 is 32.4 Å². The molecule has 1 fully saturated rings. The first kappa shape index (κ1) is 18.1. The number of rotatable bonds is 6. The maximum absolute atomic E-state index is 14.9. The van der Waals surface area contributed by atoms with Crippen molar-refractivity contribution in [2.45, 2.75) is 24.6 Å². The molecule has 0 aliphatic carbocycles. The highest BCUT2D eigenvalue weighted by molar-refractivity contribution is 7.45. The highest BCUT2D eigenvalue weighted by atomic mass is 31.2. The molecule has 2 aromatic heterocycles. The Morgan fingerprint density at radius 2 is 2.20 bits per heavy atom. The minimum atomic E-state index is -4.68. The fraction of sp³-hybridized carbons (Fsp3) is 0.583. The number of hydrogen-bond donors (Lipinski definition) is 1. The van der Waals surface area contributed by atoms with E-state index in [1.54, 1.807) is 0 Å². The summed E-state index contributed by atoms with van der Waals surface area (Å²) in [5, 5.41) is 0. The van der Waals surface area contributed by atoms with E-state index < -0.39 is 32.4 Å². The van der Waals surface area contributed by atoms with E-state index in [2.05, 4.69) is 19.5 Å². The highest BCUT2D eigenvalue weighted by Crippen LogP contribution is 2.45. The molecule has 2 unspecified atom stereocenters. The van der Waals surface area contributed by atoms with E-state index in [0.717, 1.165) is 7.11 Å². The van der Waals surface area contributed by atoms with Crippen LogP contribution in [0.25, 0.3) is 11.2 Å². The van der Waals surface area contributed by atoms with Gasteiger partial charge in [0.15, 0.2) is 23.9 Å². The summed E-state index contributed by atoms with van der Waals surface area (Å²) in [6.07, 6.45) is -3.04. The number of hydrogen-bond acceptors (Lipinski definition) is 10. The van der Waals surface area contributed by atoms with Crippen LogP contribution >= 0.6 is 7.82 Å². The second-order valence-corrected chi connectivity index (χ2v) is 6.72. The molecule has 0 saturated carbocycles. The lowest BCUT2D eigenvalue weighted by Crippen LogP contribution is -2.35. The molecule has 3 rings (SSSR count). The number of nitrogens with zero attached hydrogens (tertiary/aromatic N) is 4. The Morgan fingerprint density at radius 3 is 2.88 bits per heavy atom. The van der Waals surface area contributed by atoms with Gasteiger partial charge in [0.1, 0.15) is 24.1 Å². The quantitative estimate of drug-likeness (QED) is 0.672. The van der Waals surface area contributed by atoms with Gasteiger partial charge < -0.3 is 29.1 Å². The summed E-state index contributed by atoms with van der Waals surface area (Å²) in [6.45, 7) is -0.0882. The van der Waals surface area contributed by atoms with Crippen LogP contribution in [0.5, 0.6) is 0 Å². The molecule has 3 heterocycles. The normalized spacial score (nSPS) is 29.1. The second kappa shape index (κ2) is 6.90. The molecule has 1 aliphatic rings. The monoisotopic (exact) mass is 376 g/mol. The van der Waals surface area contributed by atoms with E-state index in [0.29, 0.717) is 0 Å². The van der Waals surface area contributed by atoms with Crippen molar-refractivity contribution in [2.24, 2.45) is 0 Å². The zero-order valence-corrected chi connectivity index (χ0v) is 14.2. The molecular weight excluding hydrogens is 360 g/mol. The van der Waals surface area contributed by atoms with Crippen LogP contribution in [0.4, 0.5) is 10.2 Å². The zero-order chi connectivity index (χ0) is 18.2. The van der Waals surface area contributed by atoms with Gasteiger partial charge in [0.05, 0.1) is 12.9 Å². The maximum Gasteiger partial charge on any atom is 0.268 e. The van der Waals surface area contributed by atoms with Gasteiger partial charge in [-0.05, 0) is 0 Å². The van der Waals surface area contributed by atoms with E-state index in [4.69, 9.17) is 19.7 Å². The fourth-order valence-electron chi connectivity index (χ4n) is 2.59. The Hall–Kier alpha value is -1.69. The SMILES string of the molecule is COC[C@H]1O[C@@H](n2cnc3c(N)ncnc32)[C@@H](F)C1OP(=O)([O-])OC. The first-order chi connectivity index (χ1) is 11.9. The van der Waals surface area contributed by atoms with Crippen LogP contribution < -0.4 is 10.6 Å². The third-order valence-electron chi connectivity index (χ3n) is 3.73. The number of anilines is 1. The van der Waals surface area contributed by atoms with E-state index >= 15 is 0 Å². The number of fused-ring (bicyclic) bond motifs is 1. The number of nitrogen functional groups attached to an aromatic ring is 1. The molecule has 2 aromatic rings. The lowest BCUT2D eigenvalue weighted by molar-refractivity contribution is -0.230. The Kier molecular flexibility index (Phi) is 5.00. The van der Waals surface area contributed by atoms with Crippen molar-refractivity contribution in [3.63, 3.8) is 0 Å². The molecular formula is C12H16FN5O6P-. The lowest BCUT2D eigenvalue weighted by Gasteiger charge is -2.27. The van der Waals surface area contributed by atoms with Gasteiger partial charge >= 0.3 is 0 Å². The highest BCUT2D eigenvalue weighted by Gasteiger charge is 2.49. The largest absolute Gasteiger partial charge is 0.756 e. The number of imidazole rings is 1. The Balaban J connectivity index is 1.94. The third-order valence-corrected chi connectivity index (χ3v) is 4.68. The number of aromatic nitrogens is 4. The van der Waals surface area contributed by atoms with Gasteiger partial charge in [-0.3, -0.25) is 9.13 Å². The van der Waals surface area contributed by atoms with Crippen LogP contribution in [0.3, 0.4) is 0 Å². The minimum Gasteiger partial charge on any atom is -0.756 e. The summed E-state index contributed by atoms with van der Waals surface area (Å²) < 4.78 is 47.4. The van der Waals surface area contributed by atoms with Crippen LogP contribution in [0.1, 0.15) is 6.23 Å². The van der Waals surface area contributed by atoms with Crippen LogP contribution in [-0.2, 0) is 23.1 Å². The van der Waals surface area contributed by atoms with Crippen LogP contribution in [0.2, 0.25) is 0 Å². The molecule has 2 N–H and O–H groups in total. The minimum absolute atomic E-state index is 0.0882. The molecule has 1 aliphatic heterocycles. The topological polar surface area (TPSA) is 147 Å². The number of ether oxygens (including phenoxy) is 2.